The van der Waals surface area contributed by atoms with E-state index in [-0.39, 0.29) is 5.56 Å². The number of anilines is 1. The molecule has 0 aliphatic carbocycles. The lowest BCUT2D eigenvalue weighted by Gasteiger charge is -2.08. The van der Waals surface area contributed by atoms with Crippen LogP contribution in [0.15, 0.2) is 10.9 Å². The van der Waals surface area contributed by atoms with E-state index in [0.29, 0.717) is 30.7 Å². The van der Waals surface area contributed by atoms with Gasteiger partial charge in [0.1, 0.15) is 11.6 Å². The van der Waals surface area contributed by atoms with Gasteiger partial charge in [0, 0.05) is 25.6 Å². The Hall–Kier alpha value is -1.36. The van der Waals surface area contributed by atoms with Crippen molar-refractivity contribution >= 4 is 5.82 Å². The molecule has 0 saturated heterocycles. The number of aromatic nitrogens is 2. The van der Waals surface area contributed by atoms with Gasteiger partial charge in [-0.1, -0.05) is 20.8 Å². The van der Waals surface area contributed by atoms with E-state index in [2.05, 4.69) is 29.1 Å². The average molecular weight is 253 g/mol. The number of ether oxygens (including phenoxy) is 1. The lowest BCUT2D eigenvalue weighted by molar-refractivity contribution is 0.132. The molecule has 1 heterocycles. The first kappa shape index (κ1) is 14.7. The van der Waals surface area contributed by atoms with Gasteiger partial charge in [-0.15, -0.1) is 0 Å². The van der Waals surface area contributed by atoms with E-state index in [1.54, 1.807) is 0 Å². The molecule has 5 heteroatoms. The van der Waals surface area contributed by atoms with Gasteiger partial charge in [-0.3, -0.25) is 4.79 Å². The summed E-state index contributed by atoms with van der Waals surface area (Å²) >= 11 is 0. The van der Waals surface area contributed by atoms with Gasteiger partial charge in [-0.05, 0) is 12.3 Å². The molecule has 0 bridgehead atoms. The first-order valence-corrected chi connectivity index (χ1v) is 6.53. The minimum atomic E-state index is -0.120. The Labute approximate surface area is 108 Å². The minimum Gasteiger partial charge on any atom is -0.380 e. The second-order valence-electron chi connectivity index (χ2n) is 4.65. The molecule has 1 aromatic rings. The molecular weight excluding hydrogens is 230 g/mol. The number of H-pyrrole nitrogens is 1. The zero-order chi connectivity index (χ0) is 13.4. The molecule has 102 valence electrons. The minimum absolute atomic E-state index is 0.120. The van der Waals surface area contributed by atoms with E-state index in [9.17, 15) is 4.79 Å². The number of hydrogen-bond acceptors (Lipinski definition) is 4. The highest BCUT2D eigenvalue weighted by molar-refractivity contribution is 5.32. The van der Waals surface area contributed by atoms with Crippen LogP contribution in [0, 0.1) is 5.92 Å². The summed E-state index contributed by atoms with van der Waals surface area (Å²) in [4.78, 5) is 18.3. The summed E-state index contributed by atoms with van der Waals surface area (Å²) in [5.41, 5.74) is -0.120. The van der Waals surface area contributed by atoms with Crippen molar-refractivity contribution in [3.8, 4) is 0 Å². The van der Waals surface area contributed by atoms with Crippen molar-refractivity contribution in [2.24, 2.45) is 5.92 Å². The third-order valence-corrected chi connectivity index (χ3v) is 2.52. The van der Waals surface area contributed by atoms with Crippen molar-refractivity contribution in [2.45, 2.75) is 33.6 Å². The summed E-state index contributed by atoms with van der Waals surface area (Å²) in [6, 6.07) is 1.47. The second kappa shape index (κ2) is 7.87. The van der Waals surface area contributed by atoms with Crippen molar-refractivity contribution in [2.75, 3.05) is 25.1 Å². The number of aromatic amines is 1. The Balaban J connectivity index is 2.27. The van der Waals surface area contributed by atoms with E-state index in [1.807, 2.05) is 6.92 Å². The summed E-state index contributed by atoms with van der Waals surface area (Å²) in [7, 11) is 0. The van der Waals surface area contributed by atoms with Crippen LogP contribution in [0.4, 0.5) is 5.82 Å². The Kier molecular flexibility index (Phi) is 6.43. The molecule has 0 fully saturated rings. The lowest BCUT2D eigenvalue weighted by atomic mass is 10.1. The number of aryl methyl sites for hydroxylation is 1. The van der Waals surface area contributed by atoms with E-state index in [4.69, 9.17) is 4.74 Å². The second-order valence-corrected chi connectivity index (χ2v) is 4.65. The van der Waals surface area contributed by atoms with E-state index in [1.165, 1.54) is 6.07 Å². The third kappa shape index (κ3) is 5.82. The Bertz CT molecular complexity index is 401. The molecule has 18 heavy (non-hydrogen) atoms. The largest absolute Gasteiger partial charge is 0.380 e. The van der Waals surface area contributed by atoms with Crippen LogP contribution in [-0.2, 0) is 11.2 Å². The molecule has 5 nitrogen and oxygen atoms in total. The summed E-state index contributed by atoms with van der Waals surface area (Å²) in [6.45, 7) is 8.38. The maximum Gasteiger partial charge on any atom is 0.252 e. The Morgan fingerprint density at radius 3 is 2.89 bits per heavy atom. The molecule has 0 aromatic carbocycles. The first-order valence-electron chi connectivity index (χ1n) is 6.53. The van der Waals surface area contributed by atoms with Crippen molar-refractivity contribution in [1.82, 2.24) is 9.97 Å². The summed E-state index contributed by atoms with van der Waals surface area (Å²) < 4.78 is 5.48. The van der Waals surface area contributed by atoms with Gasteiger partial charge < -0.3 is 15.0 Å². The van der Waals surface area contributed by atoms with Crippen LogP contribution in [0.25, 0.3) is 0 Å². The van der Waals surface area contributed by atoms with E-state index < -0.39 is 0 Å². The molecule has 0 amide bonds. The van der Waals surface area contributed by atoms with Gasteiger partial charge in [0.2, 0.25) is 0 Å². The SMILES string of the molecule is CCc1nc(NCCOCCC(C)C)cc(=O)[nH]1. The first-order chi connectivity index (χ1) is 8.61. The molecule has 2 N–H and O–H groups in total. The van der Waals surface area contributed by atoms with Crippen molar-refractivity contribution < 1.29 is 4.74 Å². The maximum absolute atomic E-state index is 11.3. The number of hydrogen-bond donors (Lipinski definition) is 2. The highest BCUT2D eigenvalue weighted by Crippen LogP contribution is 2.00. The molecule has 0 radical (unpaired) electrons. The lowest BCUT2D eigenvalue weighted by Crippen LogP contribution is -2.16. The van der Waals surface area contributed by atoms with Crippen LogP contribution in [0.1, 0.15) is 33.0 Å². The van der Waals surface area contributed by atoms with Crippen LogP contribution >= 0.6 is 0 Å². The van der Waals surface area contributed by atoms with Crippen molar-refractivity contribution in [3.05, 3.63) is 22.2 Å². The van der Waals surface area contributed by atoms with E-state index in [0.717, 1.165) is 19.4 Å². The Morgan fingerprint density at radius 1 is 1.44 bits per heavy atom. The van der Waals surface area contributed by atoms with Crippen molar-refractivity contribution in [3.63, 3.8) is 0 Å². The zero-order valence-corrected chi connectivity index (χ0v) is 11.5. The molecule has 0 aliphatic rings. The summed E-state index contributed by atoms with van der Waals surface area (Å²) in [6.07, 6.45) is 1.79. The third-order valence-electron chi connectivity index (χ3n) is 2.52. The molecule has 0 saturated carbocycles. The van der Waals surface area contributed by atoms with Crippen LogP contribution in [0.2, 0.25) is 0 Å². The highest BCUT2D eigenvalue weighted by Gasteiger charge is 1.99. The smallest absolute Gasteiger partial charge is 0.252 e. The van der Waals surface area contributed by atoms with E-state index >= 15 is 0 Å². The molecule has 0 aliphatic heterocycles. The maximum atomic E-state index is 11.3. The number of nitrogens with zero attached hydrogens (tertiary/aromatic N) is 1. The molecule has 0 atom stereocenters. The van der Waals surface area contributed by atoms with Gasteiger partial charge in [-0.2, -0.15) is 0 Å². The van der Waals surface area contributed by atoms with Crippen LogP contribution in [0.5, 0.6) is 0 Å². The molecule has 1 rings (SSSR count). The predicted molar refractivity (Wildman–Crippen MR) is 73.0 cm³/mol. The van der Waals surface area contributed by atoms with Gasteiger partial charge in [-0.25, -0.2) is 4.98 Å². The predicted octanol–water partition coefficient (Wildman–Crippen LogP) is 1.81. The Morgan fingerprint density at radius 2 is 2.22 bits per heavy atom. The van der Waals surface area contributed by atoms with Gasteiger partial charge >= 0.3 is 0 Å². The fourth-order valence-electron chi connectivity index (χ4n) is 1.44. The van der Waals surface area contributed by atoms with Crippen LogP contribution in [0.3, 0.4) is 0 Å². The quantitative estimate of drug-likeness (QED) is 0.693. The number of nitrogens with one attached hydrogen (secondary N) is 2. The normalized spacial score (nSPS) is 10.9. The van der Waals surface area contributed by atoms with Gasteiger partial charge in [0.05, 0.1) is 6.61 Å². The highest BCUT2D eigenvalue weighted by atomic mass is 16.5. The molecule has 1 aromatic heterocycles. The van der Waals surface area contributed by atoms with Gasteiger partial charge in [0.25, 0.3) is 5.56 Å². The van der Waals surface area contributed by atoms with Gasteiger partial charge in [0.15, 0.2) is 0 Å². The fraction of sp³-hybridized carbons (Fsp3) is 0.692. The zero-order valence-electron chi connectivity index (χ0n) is 11.5. The average Bonchev–Trinajstić information content (AvgIpc) is 2.32. The standard InChI is InChI=1S/C13H23N3O2/c1-4-11-15-12(9-13(17)16-11)14-6-8-18-7-5-10(2)3/h9-10H,4-8H2,1-3H3,(H2,14,15,16,17). The fourth-order valence-corrected chi connectivity index (χ4v) is 1.44. The molecule has 0 unspecified atom stereocenters. The summed E-state index contributed by atoms with van der Waals surface area (Å²) in [5.74, 6) is 1.98. The molecular formula is C13H23N3O2. The van der Waals surface area contributed by atoms with Crippen LogP contribution < -0.4 is 10.9 Å². The number of rotatable bonds is 8. The van der Waals surface area contributed by atoms with Crippen molar-refractivity contribution in [1.29, 1.82) is 0 Å². The topological polar surface area (TPSA) is 67.0 Å². The molecule has 0 spiro atoms. The summed E-state index contributed by atoms with van der Waals surface area (Å²) in [5, 5.41) is 3.09. The van der Waals surface area contributed by atoms with Crippen LogP contribution in [-0.4, -0.2) is 29.7 Å². The monoisotopic (exact) mass is 253 g/mol.